The molecule has 2 aromatic carbocycles. The second-order valence-electron chi connectivity index (χ2n) is 7.55. The Balaban J connectivity index is 1.48. The number of hydrogen-bond donors (Lipinski definition) is 0. The lowest BCUT2D eigenvalue weighted by atomic mass is 10.0. The van der Waals surface area contributed by atoms with Crippen molar-refractivity contribution in [1.82, 2.24) is 14.8 Å². The van der Waals surface area contributed by atoms with Crippen LogP contribution in [0.4, 0.5) is 4.39 Å². The third kappa shape index (κ3) is 4.26. The highest BCUT2D eigenvalue weighted by atomic mass is 35.5. The highest BCUT2D eigenvalue weighted by molar-refractivity contribution is 6.35. The molecular weight excluding hydrogens is 389 g/mol. The van der Waals surface area contributed by atoms with E-state index in [4.69, 9.17) is 11.6 Å². The molecule has 0 unspecified atom stereocenters. The van der Waals surface area contributed by atoms with E-state index in [2.05, 4.69) is 9.88 Å². The summed E-state index contributed by atoms with van der Waals surface area (Å²) in [6.07, 6.45) is 1.89. The molecule has 1 fully saturated rings. The molecule has 1 aliphatic rings. The van der Waals surface area contributed by atoms with Crippen LogP contribution in [0.15, 0.2) is 54.6 Å². The normalized spacial score (nSPS) is 17.4. The van der Waals surface area contributed by atoms with Crippen LogP contribution < -0.4 is 0 Å². The lowest BCUT2D eigenvalue weighted by Crippen LogP contribution is -2.48. The van der Waals surface area contributed by atoms with Gasteiger partial charge in [0, 0.05) is 37.1 Å². The Morgan fingerprint density at radius 1 is 1.21 bits per heavy atom. The molecule has 0 saturated carbocycles. The van der Waals surface area contributed by atoms with Crippen molar-refractivity contribution in [2.24, 2.45) is 0 Å². The Morgan fingerprint density at radius 3 is 2.86 bits per heavy atom. The van der Waals surface area contributed by atoms with Crippen LogP contribution in [0, 0.1) is 5.82 Å². The molecule has 0 aliphatic carbocycles. The second kappa shape index (κ2) is 8.47. The Bertz CT molecular complexity index is 1040. The number of piperidine rings is 1. The maximum absolute atomic E-state index is 14.0. The van der Waals surface area contributed by atoms with Crippen LogP contribution in [0.2, 0.25) is 5.02 Å². The molecule has 4 rings (SSSR count). The molecule has 0 radical (unpaired) electrons. The van der Waals surface area contributed by atoms with Crippen molar-refractivity contribution < 1.29 is 9.18 Å². The number of hydrogen-bond acceptors (Lipinski definition) is 3. The number of carbonyl (C=O) groups excluding carboxylic acids is 1. The van der Waals surface area contributed by atoms with Gasteiger partial charge in [-0.25, -0.2) is 9.37 Å². The second-order valence-corrected chi connectivity index (χ2v) is 7.95. The third-order valence-electron chi connectivity index (χ3n) is 5.59. The van der Waals surface area contributed by atoms with E-state index in [9.17, 15) is 9.18 Å². The Hall–Kier alpha value is -2.50. The predicted molar refractivity (Wildman–Crippen MR) is 114 cm³/mol. The van der Waals surface area contributed by atoms with Gasteiger partial charge in [0.2, 0.25) is 0 Å². The van der Waals surface area contributed by atoms with Crippen molar-refractivity contribution in [1.29, 1.82) is 0 Å². The van der Waals surface area contributed by atoms with Crippen molar-refractivity contribution in [3.05, 3.63) is 76.7 Å². The summed E-state index contributed by atoms with van der Waals surface area (Å²) in [4.78, 5) is 21.5. The average Bonchev–Trinajstić information content (AvgIpc) is 2.75. The van der Waals surface area contributed by atoms with Crippen LogP contribution in [-0.2, 0) is 6.54 Å². The first kappa shape index (κ1) is 19.8. The highest BCUT2D eigenvalue weighted by Crippen LogP contribution is 2.23. The topological polar surface area (TPSA) is 36.4 Å². The largest absolute Gasteiger partial charge is 0.336 e. The fourth-order valence-electron chi connectivity index (χ4n) is 3.93. The van der Waals surface area contributed by atoms with E-state index in [1.807, 2.05) is 37.4 Å². The van der Waals surface area contributed by atoms with Crippen LogP contribution in [0.1, 0.15) is 28.9 Å². The number of pyridine rings is 1. The van der Waals surface area contributed by atoms with Crippen LogP contribution >= 0.6 is 11.6 Å². The van der Waals surface area contributed by atoms with Gasteiger partial charge in [0.15, 0.2) is 0 Å². The smallest absolute Gasteiger partial charge is 0.272 e. The minimum absolute atomic E-state index is 0.0618. The monoisotopic (exact) mass is 411 g/mol. The van der Waals surface area contributed by atoms with Crippen molar-refractivity contribution >= 4 is 28.4 Å². The summed E-state index contributed by atoms with van der Waals surface area (Å²) >= 11 is 6.25. The summed E-state index contributed by atoms with van der Waals surface area (Å²) in [5.74, 6) is -0.305. The van der Waals surface area contributed by atoms with Crippen LogP contribution in [0.5, 0.6) is 0 Å². The number of likely N-dealkylation sites (tertiary alicyclic amines) is 1. The molecule has 0 spiro atoms. The summed E-state index contributed by atoms with van der Waals surface area (Å²) in [5.41, 5.74) is 1.71. The van der Waals surface area contributed by atoms with Crippen LogP contribution in [0.3, 0.4) is 0 Å². The molecule has 29 heavy (non-hydrogen) atoms. The van der Waals surface area contributed by atoms with E-state index < -0.39 is 0 Å². The molecule has 6 heteroatoms. The maximum Gasteiger partial charge on any atom is 0.272 e. The predicted octanol–water partition coefficient (Wildman–Crippen LogP) is 4.76. The van der Waals surface area contributed by atoms with Crippen molar-refractivity contribution in [2.75, 3.05) is 20.1 Å². The number of amides is 1. The standard InChI is InChI=1S/C23H23ClFN3O/c1-27(23(29)21-12-11-16-7-4-9-19(24)22(16)26-21)18-8-5-13-28(15-18)14-17-6-2-3-10-20(17)25/h2-4,6-7,9-12,18H,5,8,13-15H2,1H3/t18-/m0/s1. The van der Waals surface area contributed by atoms with Gasteiger partial charge in [0.05, 0.1) is 10.5 Å². The zero-order valence-corrected chi connectivity index (χ0v) is 17.1. The third-order valence-corrected chi connectivity index (χ3v) is 5.90. The van der Waals surface area contributed by atoms with Crippen LogP contribution in [-0.4, -0.2) is 46.9 Å². The number of carbonyl (C=O) groups is 1. The van der Waals surface area contributed by atoms with Gasteiger partial charge >= 0.3 is 0 Å². The van der Waals surface area contributed by atoms with Crippen molar-refractivity contribution in [3.63, 3.8) is 0 Å². The summed E-state index contributed by atoms with van der Waals surface area (Å²) < 4.78 is 14.0. The number of rotatable bonds is 4. The highest BCUT2D eigenvalue weighted by Gasteiger charge is 2.27. The van der Waals surface area contributed by atoms with E-state index in [1.54, 1.807) is 23.1 Å². The zero-order chi connectivity index (χ0) is 20.4. The molecule has 0 N–H and O–H groups in total. The number of benzene rings is 2. The van der Waals surface area contributed by atoms with Gasteiger partial charge in [0.1, 0.15) is 11.5 Å². The van der Waals surface area contributed by atoms with E-state index in [0.717, 1.165) is 24.8 Å². The van der Waals surface area contributed by atoms with Crippen molar-refractivity contribution in [2.45, 2.75) is 25.4 Å². The zero-order valence-electron chi connectivity index (χ0n) is 16.3. The van der Waals surface area contributed by atoms with E-state index in [0.29, 0.717) is 34.9 Å². The molecule has 1 amide bonds. The molecule has 1 saturated heterocycles. The minimum atomic E-state index is -0.184. The number of halogens is 2. The number of nitrogens with zero attached hydrogens (tertiary/aromatic N) is 3. The molecular formula is C23H23ClFN3O. The molecule has 150 valence electrons. The maximum atomic E-state index is 14.0. The number of para-hydroxylation sites is 1. The molecule has 1 atom stereocenters. The van der Waals surface area contributed by atoms with Gasteiger partial charge < -0.3 is 4.90 Å². The quantitative estimate of drug-likeness (QED) is 0.620. The van der Waals surface area contributed by atoms with Gasteiger partial charge in [0.25, 0.3) is 5.91 Å². The van der Waals surface area contributed by atoms with E-state index in [-0.39, 0.29) is 17.8 Å². The van der Waals surface area contributed by atoms with Crippen molar-refractivity contribution in [3.8, 4) is 0 Å². The number of likely N-dealkylation sites (N-methyl/N-ethyl adjacent to an activating group) is 1. The molecule has 1 aliphatic heterocycles. The molecule has 1 aromatic heterocycles. The summed E-state index contributed by atoms with van der Waals surface area (Å²) in [6.45, 7) is 2.16. The van der Waals surface area contributed by atoms with Gasteiger partial charge in [-0.2, -0.15) is 0 Å². The summed E-state index contributed by atoms with van der Waals surface area (Å²) in [7, 11) is 1.82. The first-order valence-electron chi connectivity index (χ1n) is 9.81. The summed E-state index contributed by atoms with van der Waals surface area (Å²) in [5, 5.41) is 1.44. The molecule has 2 heterocycles. The Labute approximate surface area is 174 Å². The Kier molecular flexibility index (Phi) is 5.79. The van der Waals surface area contributed by atoms with Gasteiger partial charge in [-0.3, -0.25) is 9.69 Å². The lowest BCUT2D eigenvalue weighted by Gasteiger charge is -2.37. The molecule has 3 aromatic rings. The number of fused-ring (bicyclic) bond motifs is 1. The van der Waals surface area contributed by atoms with Gasteiger partial charge in [-0.05, 0) is 37.6 Å². The van der Waals surface area contributed by atoms with Crippen LogP contribution in [0.25, 0.3) is 10.9 Å². The number of aromatic nitrogens is 1. The molecule has 4 nitrogen and oxygen atoms in total. The SMILES string of the molecule is CN(C(=O)c1ccc2cccc(Cl)c2n1)[C@H]1CCCN(Cc2ccccc2F)C1. The fraction of sp³-hybridized carbons (Fsp3) is 0.304. The lowest BCUT2D eigenvalue weighted by molar-refractivity contribution is 0.0602. The summed E-state index contributed by atoms with van der Waals surface area (Å²) in [6, 6.07) is 16.1. The Morgan fingerprint density at radius 2 is 2.03 bits per heavy atom. The average molecular weight is 412 g/mol. The first-order valence-corrected chi connectivity index (χ1v) is 10.2. The fourth-order valence-corrected chi connectivity index (χ4v) is 4.16. The van der Waals surface area contributed by atoms with E-state index >= 15 is 0 Å². The molecule has 0 bridgehead atoms. The van der Waals surface area contributed by atoms with Gasteiger partial charge in [-0.15, -0.1) is 0 Å². The van der Waals surface area contributed by atoms with E-state index in [1.165, 1.54) is 6.07 Å². The minimum Gasteiger partial charge on any atom is -0.336 e. The van der Waals surface area contributed by atoms with Gasteiger partial charge in [-0.1, -0.05) is 48.0 Å². The first-order chi connectivity index (χ1) is 14.0.